The van der Waals surface area contributed by atoms with Crippen molar-refractivity contribution < 1.29 is 23.9 Å². The number of anilines is 2. The van der Waals surface area contributed by atoms with E-state index in [-0.39, 0.29) is 53.3 Å². The lowest BCUT2D eigenvalue weighted by molar-refractivity contribution is -0.139. The Hall–Kier alpha value is -4.46. The summed E-state index contributed by atoms with van der Waals surface area (Å²) in [4.78, 5) is 56.9. The third-order valence-corrected chi connectivity index (χ3v) is 10.2. The van der Waals surface area contributed by atoms with Gasteiger partial charge in [0.15, 0.2) is 0 Å². The van der Waals surface area contributed by atoms with Crippen molar-refractivity contribution in [3.05, 3.63) is 123 Å². The lowest BCUT2D eigenvalue weighted by Gasteiger charge is -2.45. The topological polar surface area (TPSA) is 84.0 Å². The molecule has 2 fully saturated rings. The predicted octanol–water partition coefficient (Wildman–Crippen LogP) is 6.35. The van der Waals surface area contributed by atoms with Crippen LogP contribution < -0.4 is 14.5 Å². The second-order valence-corrected chi connectivity index (χ2v) is 12.5. The molecule has 44 heavy (non-hydrogen) atoms. The van der Waals surface area contributed by atoms with Gasteiger partial charge in [-0.2, -0.15) is 0 Å². The fourth-order valence-electron chi connectivity index (χ4n) is 7.62. The molecule has 3 amide bonds. The smallest absolute Gasteiger partial charge is 0.316 e. The number of hydrogen-bond donors (Lipinski definition) is 0. The third-order valence-electron chi connectivity index (χ3n) is 9.42. The molecule has 9 rings (SSSR count). The molecule has 3 atom stereocenters. The van der Waals surface area contributed by atoms with Crippen molar-refractivity contribution in [1.82, 2.24) is 0 Å². The average Bonchev–Trinajstić information content (AvgIpc) is 3.55. The summed E-state index contributed by atoms with van der Waals surface area (Å²) in [6.45, 7) is 0.0910. The van der Waals surface area contributed by atoms with E-state index in [1.165, 1.54) is 15.9 Å². The molecule has 0 N–H and O–H groups in total. The molecular weight excluding hydrogens is 599 g/mol. The minimum Gasteiger partial charge on any atom is -0.426 e. The van der Waals surface area contributed by atoms with Gasteiger partial charge in [-0.1, -0.05) is 83.9 Å². The summed E-state index contributed by atoms with van der Waals surface area (Å²) in [5, 5.41) is 0.552. The molecule has 2 heterocycles. The number of nitrogens with zero attached hydrogens (tertiary/aromatic N) is 2. The third kappa shape index (κ3) is 3.89. The largest absolute Gasteiger partial charge is 0.426 e. The van der Waals surface area contributed by atoms with E-state index < -0.39 is 23.7 Å². The van der Waals surface area contributed by atoms with Crippen molar-refractivity contribution in [2.45, 2.75) is 18.3 Å². The number of halogens is 2. The van der Waals surface area contributed by atoms with Gasteiger partial charge in [-0.25, -0.2) is 4.90 Å². The molecule has 2 aliphatic heterocycles. The Balaban J connectivity index is 1.06. The number of benzene rings is 4. The SMILES string of the molecule is O=C(Oc1cccc(N2C(=O)[C@@H]3C4c5ccccc5C(c5ccccc54)[C@@H]3C2=O)c1)[C@@H]1CC(=O)N(c2cccc(Cl)c2Cl)C1. The summed E-state index contributed by atoms with van der Waals surface area (Å²) in [5.74, 6) is -3.36. The van der Waals surface area contributed by atoms with E-state index in [0.717, 1.165) is 22.3 Å². The maximum Gasteiger partial charge on any atom is 0.316 e. The van der Waals surface area contributed by atoms with E-state index in [0.29, 0.717) is 16.4 Å². The molecule has 3 aliphatic carbocycles. The highest BCUT2D eigenvalue weighted by atomic mass is 35.5. The monoisotopic (exact) mass is 622 g/mol. The number of carbonyl (C=O) groups excluding carboxylic acids is 4. The van der Waals surface area contributed by atoms with Crippen molar-refractivity contribution in [2.24, 2.45) is 17.8 Å². The van der Waals surface area contributed by atoms with Gasteiger partial charge in [-0.15, -0.1) is 0 Å². The standard InChI is InChI=1S/C35H24Cl2N2O5/c36-25-13-6-14-26(32(25)37)38-17-18(15-27(38)40)35(43)44-20-8-5-7-19(16-20)39-33(41)30-28-21-9-1-2-10-22(21)29(31(30)34(39)42)24-12-4-3-11-23(24)28/h1-14,16,18,28-31H,15,17H2/t18-,28?,29?,30-,31+/m1/s1. The van der Waals surface area contributed by atoms with Crippen molar-refractivity contribution in [2.75, 3.05) is 16.3 Å². The van der Waals surface area contributed by atoms with Crippen LogP contribution in [0.3, 0.4) is 0 Å². The van der Waals surface area contributed by atoms with E-state index in [4.69, 9.17) is 27.9 Å². The van der Waals surface area contributed by atoms with Crippen LogP contribution in [0.2, 0.25) is 10.0 Å². The first kappa shape index (κ1) is 27.1. The van der Waals surface area contributed by atoms with E-state index in [1.807, 2.05) is 24.3 Å². The highest BCUT2D eigenvalue weighted by Crippen LogP contribution is 2.61. The van der Waals surface area contributed by atoms with Crippen LogP contribution in [0, 0.1) is 17.8 Å². The Bertz CT molecular complexity index is 1810. The van der Waals surface area contributed by atoms with Gasteiger partial charge >= 0.3 is 5.97 Å². The molecule has 5 aliphatic rings. The molecule has 7 nitrogen and oxygen atoms in total. The Morgan fingerprint density at radius 1 is 0.727 bits per heavy atom. The van der Waals surface area contributed by atoms with Gasteiger partial charge in [0.1, 0.15) is 5.75 Å². The maximum absolute atomic E-state index is 14.1. The molecular formula is C35H24Cl2N2O5. The van der Waals surface area contributed by atoms with Gasteiger partial charge in [0.2, 0.25) is 17.7 Å². The molecule has 0 aromatic heterocycles. The van der Waals surface area contributed by atoms with Gasteiger partial charge < -0.3 is 9.64 Å². The summed E-state index contributed by atoms with van der Waals surface area (Å²) >= 11 is 12.4. The van der Waals surface area contributed by atoms with Crippen LogP contribution in [0.15, 0.2) is 91.0 Å². The van der Waals surface area contributed by atoms with Crippen molar-refractivity contribution >= 4 is 58.3 Å². The van der Waals surface area contributed by atoms with Crippen LogP contribution in [-0.4, -0.2) is 30.2 Å². The van der Waals surface area contributed by atoms with E-state index in [9.17, 15) is 19.2 Å². The average molecular weight is 623 g/mol. The number of carbonyl (C=O) groups is 4. The van der Waals surface area contributed by atoms with E-state index in [2.05, 4.69) is 24.3 Å². The molecule has 0 saturated carbocycles. The van der Waals surface area contributed by atoms with Gasteiger partial charge in [0.05, 0.1) is 39.2 Å². The first-order valence-electron chi connectivity index (χ1n) is 14.4. The summed E-state index contributed by atoms with van der Waals surface area (Å²) in [6, 6.07) is 27.6. The van der Waals surface area contributed by atoms with Crippen LogP contribution in [0.5, 0.6) is 5.75 Å². The first-order valence-corrected chi connectivity index (χ1v) is 15.2. The lowest BCUT2D eigenvalue weighted by atomic mass is 9.55. The molecule has 0 radical (unpaired) electrons. The molecule has 4 aromatic rings. The molecule has 0 unspecified atom stereocenters. The minimum absolute atomic E-state index is 0.0439. The quantitative estimate of drug-likeness (QED) is 0.150. The van der Waals surface area contributed by atoms with Crippen molar-refractivity contribution in [3.8, 4) is 5.75 Å². The molecule has 2 saturated heterocycles. The van der Waals surface area contributed by atoms with Crippen molar-refractivity contribution in [3.63, 3.8) is 0 Å². The predicted molar refractivity (Wildman–Crippen MR) is 165 cm³/mol. The zero-order chi connectivity index (χ0) is 30.3. The molecule has 0 spiro atoms. The van der Waals surface area contributed by atoms with Gasteiger partial charge in [-0.05, 0) is 46.5 Å². The Morgan fingerprint density at radius 2 is 1.30 bits per heavy atom. The summed E-state index contributed by atoms with van der Waals surface area (Å²) < 4.78 is 5.70. The zero-order valence-corrected chi connectivity index (χ0v) is 24.7. The number of esters is 1. The Labute approximate surface area is 262 Å². The van der Waals surface area contributed by atoms with Gasteiger partial charge in [0, 0.05) is 30.9 Å². The van der Waals surface area contributed by atoms with E-state index in [1.54, 1.807) is 36.4 Å². The van der Waals surface area contributed by atoms with Crippen LogP contribution in [0.1, 0.15) is 40.5 Å². The number of imide groups is 1. The lowest BCUT2D eigenvalue weighted by Crippen LogP contribution is -2.41. The van der Waals surface area contributed by atoms with Crippen LogP contribution in [0.4, 0.5) is 11.4 Å². The molecule has 218 valence electrons. The summed E-state index contributed by atoms with van der Waals surface area (Å²) in [7, 11) is 0. The summed E-state index contributed by atoms with van der Waals surface area (Å²) in [5.41, 5.74) is 5.18. The van der Waals surface area contributed by atoms with Crippen molar-refractivity contribution in [1.29, 1.82) is 0 Å². The Morgan fingerprint density at radius 3 is 1.89 bits per heavy atom. The van der Waals surface area contributed by atoms with Crippen LogP contribution in [0.25, 0.3) is 0 Å². The maximum atomic E-state index is 14.1. The molecule has 4 aromatic carbocycles. The molecule has 2 bridgehead atoms. The number of amides is 3. The normalized spacial score (nSPS) is 24.8. The highest BCUT2D eigenvalue weighted by molar-refractivity contribution is 6.44. The van der Waals surface area contributed by atoms with Gasteiger partial charge in [-0.3, -0.25) is 19.2 Å². The van der Waals surface area contributed by atoms with Gasteiger partial charge in [0.25, 0.3) is 0 Å². The number of hydrogen-bond acceptors (Lipinski definition) is 5. The minimum atomic E-state index is -0.730. The first-order chi connectivity index (χ1) is 21.3. The highest BCUT2D eigenvalue weighted by Gasteiger charge is 2.61. The van der Waals surface area contributed by atoms with Crippen LogP contribution in [-0.2, 0) is 19.2 Å². The molecule has 9 heteroatoms. The van der Waals surface area contributed by atoms with Crippen LogP contribution >= 0.6 is 23.2 Å². The second kappa shape index (κ2) is 10.0. The zero-order valence-electron chi connectivity index (χ0n) is 23.2. The Kier molecular flexibility index (Phi) is 6.19. The number of ether oxygens (including phenoxy) is 1. The summed E-state index contributed by atoms with van der Waals surface area (Å²) in [6.07, 6.45) is -0.0439. The fraction of sp³-hybridized carbons (Fsp3) is 0.200. The fourth-order valence-corrected chi connectivity index (χ4v) is 8.01. The second-order valence-electron chi connectivity index (χ2n) is 11.7. The van der Waals surface area contributed by atoms with E-state index >= 15 is 0 Å². The number of rotatable bonds is 4.